The summed E-state index contributed by atoms with van der Waals surface area (Å²) in [6.07, 6.45) is 0. The molecule has 0 N–H and O–H groups in total. The van der Waals surface area contributed by atoms with E-state index in [9.17, 15) is 0 Å². The number of furan rings is 1. The Balaban J connectivity index is 1.08. The van der Waals surface area contributed by atoms with Gasteiger partial charge in [-0.05, 0) is 88.5 Å². The van der Waals surface area contributed by atoms with Gasteiger partial charge in [-0.3, -0.25) is 0 Å². The van der Waals surface area contributed by atoms with Gasteiger partial charge in [0.05, 0.1) is 33.1 Å². The summed E-state index contributed by atoms with van der Waals surface area (Å²) in [5.74, 6) is 0. The molecule has 9 aromatic carbocycles. The largest absolute Gasteiger partial charge is 0.455 e. The highest BCUT2D eigenvalue weighted by Crippen LogP contribution is 2.45. The fraction of sp³-hybridized carbons (Fsp3) is 0. The molecular weight excluding hydrogens is 693 g/mol. The molecule has 0 aliphatic heterocycles. The first kappa shape index (κ1) is 31.7. The zero-order valence-corrected chi connectivity index (χ0v) is 30.9. The number of benzene rings is 9. The first-order valence-corrected chi connectivity index (χ1v) is 19.5. The molecule has 3 nitrogen and oxygen atoms in total. The van der Waals surface area contributed by atoms with E-state index in [1.54, 1.807) is 0 Å². The van der Waals surface area contributed by atoms with E-state index in [2.05, 4.69) is 215 Å². The van der Waals surface area contributed by atoms with Crippen molar-refractivity contribution in [2.45, 2.75) is 0 Å². The lowest BCUT2D eigenvalue weighted by molar-refractivity contribution is 0.670. The summed E-state index contributed by atoms with van der Waals surface area (Å²) in [4.78, 5) is 0. The van der Waals surface area contributed by atoms with Crippen molar-refractivity contribution in [2.24, 2.45) is 0 Å². The van der Waals surface area contributed by atoms with Gasteiger partial charge in [0.15, 0.2) is 0 Å². The van der Waals surface area contributed by atoms with Crippen molar-refractivity contribution in [3.8, 4) is 44.8 Å². The number of aromatic nitrogens is 2. The smallest absolute Gasteiger partial charge is 0.145 e. The Morgan fingerprint density at radius 3 is 1.70 bits per heavy atom. The third kappa shape index (κ3) is 4.79. The zero-order chi connectivity index (χ0) is 37.5. The molecule has 0 fully saturated rings. The molecule has 0 aliphatic carbocycles. The molecule has 0 radical (unpaired) electrons. The van der Waals surface area contributed by atoms with E-state index >= 15 is 0 Å². The highest BCUT2D eigenvalue weighted by atomic mass is 16.3. The van der Waals surface area contributed by atoms with Gasteiger partial charge in [-0.1, -0.05) is 146 Å². The van der Waals surface area contributed by atoms with Crippen LogP contribution < -0.4 is 0 Å². The molecule has 0 saturated carbocycles. The van der Waals surface area contributed by atoms with Crippen molar-refractivity contribution in [1.82, 2.24) is 9.13 Å². The summed E-state index contributed by atoms with van der Waals surface area (Å²) in [5.41, 5.74) is 15.7. The van der Waals surface area contributed by atoms with Crippen molar-refractivity contribution in [2.75, 3.05) is 0 Å². The molecule has 0 bridgehead atoms. The maximum absolute atomic E-state index is 6.85. The summed E-state index contributed by atoms with van der Waals surface area (Å²) in [6, 6.07) is 74.3. The minimum atomic E-state index is 0.879. The highest BCUT2D eigenvalue weighted by molar-refractivity contribution is 6.18. The van der Waals surface area contributed by atoms with E-state index in [0.717, 1.165) is 55.5 Å². The van der Waals surface area contributed by atoms with E-state index in [1.165, 1.54) is 54.8 Å². The Labute approximate surface area is 328 Å². The highest BCUT2D eigenvalue weighted by Gasteiger charge is 2.22. The van der Waals surface area contributed by atoms with Crippen LogP contribution in [0.5, 0.6) is 0 Å². The molecule has 12 aromatic rings. The molecule has 3 aromatic heterocycles. The van der Waals surface area contributed by atoms with E-state index in [0.29, 0.717) is 0 Å². The monoisotopic (exact) mass is 726 g/mol. The molecule has 57 heavy (non-hydrogen) atoms. The lowest BCUT2D eigenvalue weighted by Crippen LogP contribution is -1.96. The molecule has 3 heterocycles. The molecule has 0 saturated heterocycles. The Morgan fingerprint density at radius 1 is 0.316 bits per heavy atom. The second-order valence-corrected chi connectivity index (χ2v) is 14.9. The number of hydrogen-bond acceptors (Lipinski definition) is 1. The zero-order valence-electron chi connectivity index (χ0n) is 30.9. The van der Waals surface area contributed by atoms with Crippen LogP contribution in [0.3, 0.4) is 0 Å². The van der Waals surface area contributed by atoms with Crippen molar-refractivity contribution in [3.63, 3.8) is 0 Å². The second-order valence-electron chi connectivity index (χ2n) is 14.9. The SMILES string of the molecule is c1ccc(-c2ccccc2-c2ccc(-n3c4ccccc4c4cc(-c5ccc6c7ccccc7n(-c7ccccc7)c6c5)ccc43)c3c2oc2ccccc23)cc1. The number of nitrogens with zero attached hydrogens (tertiary/aromatic N) is 2. The predicted molar refractivity (Wildman–Crippen MR) is 239 cm³/mol. The van der Waals surface area contributed by atoms with Crippen LogP contribution in [-0.2, 0) is 0 Å². The normalized spacial score (nSPS) is 11.9. The molecule has 0 atom stereocenters. The number of para-hydroxylation sites is 4. The average molecular weight is 727 g/mol. The van der Waals surface area contributed by atoms with Gasteiger partial charge in [-0.2, -0.15) is 0 Å². The van der Waals surface area contributed by atoms with Gasteiger partial charge in [0.25, 0.3) is 0 Å². The Morgan fingerprint density at radius 2 is 0.895 bits per heavy atom. The first-order chi connectivity index (χ1) is 28.3. The van der Waals surface area contributed by atoms with Crippen LogP contribution in [0.25, 0.3) is 110 Å². The molecule has 266 valence electrons. The summed E-state index contributed by atoms with van der Waals surface area (Å²) in [7, 11) is 0. The van der Waals surface area contributed by atoms with Crippen molar-refractivity contribution < 1.29 is 4.42 Å². The Kier molecular flexibility index (Phi) is 6.93. The van der Waals surface area contributed by atoms with Crippen LogP contribution in [0.15, 0.2) is 211 Å². The van der Waals surface area contributed by atoms with Crippen LogP contribution >= 0.6 is 0 Å². The number of fused-ring (bicyclic) bond motifs is 9. The fourth-order valence-corrected chi connectivity index (χ4v) is 9.21. The third-order valence-electron chi connectivity index (χ3n) is 11.7. The standard InChI is InChI=1S/C54H34N2O/c1-3-15-35(16-4-1)39-19-7-8-20-40(39)44-30-32-50(53-45-23-11-14-26-52(45)57-54(44)53)56-48-25-13-10-22-42(48)46-33-36(28-31-49(46)56)37-27-29-43-41-21-9-12-24-47(41)55(51(43)34-37)38-17-5-2-6-18-38/h1-34H. The summed E-state index contributed by atoms with van der Waals surface area (Å²) in [6.45, 7) is 0. The minimum Gasteiger partial charge on any atom is -0.455 e. The summed E-state index contributed by atoms with van der Waals surface area (Å²) in [5, 5.41) is 7.15. The summed E-state index contributed by atoms with van der Waals surface area (Å²) >= 11 is 0. The van der Waals surface area contributed by atoms with Crippen molar-refractivity contribution >= 4 is 65.6 Å². The van der Waals surface area contributed by atoms with E-state index in [1.807, 2.05) is 0 Å². The van der Waals surface area contributed by atoms with Crippen LogP contribution in [0.1, 0.15) is 0 Å². The van der Waals surface area contributed by atoms with E-state index in [4.69, 9.17) is 4.42 Å². The molecule has 3 heteroatoms. The number of hydrogen-bond donors (Lipinski definition) is 0. The lowest BCUT2D eigenvalue weighted by Gasteiger charge is -2.14. The van der Waals surface area contributed by atoms with Gasteiger partial charge in [0.1, 0.15) is 11.2 Å². The maximum Gasteiger partial charge on any atom is 0.145 e. The van der Waals surface area contributed by atoms with Gasteiger partial charge >= 0.3 is 0 Å². The molecular formula is C54H34N2O. The number of rotatable bonds is 5. The van der Waals surface area contributed by atoms with E-state index in [-0.39, 0.29) is 0 Å². The fourth-order valence-electron chi connectivity index (χ4n) is 9.21. The maximum atomic E-state index is 6.85. The van der Waals surface area contributed by atoms with Gasteiger partial charge in [-0.15, -0.1) is 0 Å². The van der Waals surface area contributed by atoms with Gasteiger partial charge in [0.2, 0.25) is 0 Å². The van der Waals surface area contributed by atoms with Crippen LogP contribution in [0.4, 0.5) is 0 Å². The molecule has 0 spiro atoms. The Bertz CT molecular complexity index is 3510. The van der Waals surface area contributed by atoms with Crippen LogP contribution in [0, 0.1) is 0 Å². The van der Waals surface area contributed by atoms with Crippen molar-refractivity contribution in [3.05, 3.63) is 206 Å². The minimum absolute atomic E-state index is 0.879. The van der Waals surface area contributed by atoms with Crippen LogP contribution in [-0.4, -0.2) is 9.13 Å². The Hall–Kier alpha value is -7.62. The second kappa shape index (κ2) is 12.5. The van der Waals surface area contributed by atoms with Gasteiger partial charge < -0.3 is 13.6 Å². The van der Waals surface area contributed by atoms with Crippen LogP contribution in [0.2, 0.25) is 0 Å². The third-order valence-corrected chi connectivity index (χ3v) is 11.7. The van der Waals surface area contributed by atoms with Gasteiger partial charge in [-0.25, -0.2) is 0 Å². The molecule has 0 aliphatic rings. The first-order valence-electron chi connectivity index (χ1n) is 19.5. The topological polar surface area (TPSA) is 23.0 Å². The average Bonchev–Trinajstić information content (AvgIpc) is 3.94. The van der Waals surface area contributed by atoms with Gasteiger partial charge in [0, 0.05) is 38.2 Å². The molecule has 12 rings (SSSR count). The van der Waals surface area contributed by atoms with Crippen molar-refractivity contribution in [1.29, 1.82) is 0 Å². The predicted octanol–water partition coefficient (Wildman–Crippen LogP) is 14.8. The molecule has 0 amide bonds. The quantitative estimate of drug-likeness (QED) is 0.173. The summed E-state index contributed by atoms with van der Waals surface area (Å²) < 4.78 is 11.7. The lowest BCUT2D eigenvalue weighted by atomic mass is 9.93. The van der Waals surface area contributed by atoms with E-state index < -0.39 is 0 Å². The molecule has 0 unspecified atom stereocenters.